The predicted molar refractivity (Wildman–Crippen MR) is 84.6 cm³/mol. The SMILES string of the molecule is Cc1c(Cl)cccc1NC(=O)COc1cccc(CN)c1. The molecule has 0 radical (unpaired) electrons. The smallest absolute Gasteiger partial charge is 0.262 e. The van der Waals surface area contributed by atoms with Crippen molar-refractivity contribution in [3.63, 3.8) is 0 Å². The summed E-state index contributed by atoms with van der Waals surface area (Å²) in [5, 5.41) is 3.39. The highest BCUT2D eigenvalue weighted by molar-refractivity contribution is 6.31. The van der Waals surface area contributed by atoms with Gasteiger partial charge in [0, 0.05) is 17.3 Å². The Bertz CT molecular complexity index is 644. The second-order valence-electron chi connectivity index (χ2n) is 4.60. The molecule has 3 N–H and O–H groups in total. The molecule has 0 saturated heterocycles. The number of amides is 1. The number of benzene rings is 2. The number of ether oxygens (including phenoxy) is 1. The number of nitrogens with one attached hydrogen (secondary N) is 1. The summed E-state index contributed by atoms with van der Waals surface area (Å²) in [5.41, 5.74) is 8.04. The van der Waals surface area contributed by atoms with E-state index in [1.807, 2.05) is 25.1 Å². The number of carbonyl (C=O) groups excluding carboxylic acids is 1. The molecule has 1 amide bonds. The number of halogens is 1. The molecule has 110 valence electrons. The molecule has 0 aliphatic heterocycles. The van der Waals surface area contributed by atoms with Crippen LogP contribution in [-0.4, -0.2) is 12.5 Å². The van der Waals surface area contributed by atoms with Crippen LogP contribution in [0.5, 0.6) is 5.75 Å². The first-order chi connectivity index (χ1) is 10.1. The minimum atomic E-state index is -0.237. The van der Waals surface area contributed by atoms with E-state index in [1.54, 1.807) is 24.3 Å². The third-order valence-corrected chi connectivity index (χ3v) is 3.46. The molecule has 0 unspecified atom stereocenters. The highest BCUT2D eigenvalue weighted by atomic mass is 35.5. The summed E-state index contributed by atoms with van der Waals surface area (Å²) in [6.45, 7) is 2.22. The predicted octanol–water partition coefficient (Wildman–Crippen LogP) is 3.12. The molecule has 0 aliphatic carbocycles. The Balaban J connectivity index is 1.94. The summed E-state index contributed by atoms with van der Waals surface area (Å²) in [6.07, 6.45) is 0. The quantitative estimate of drug-likeness (QED) is 0.892. The van der Waals surface area contributed by atoms with Crippen LogP contribution in [0.25, 0.3) is 0 Å². The largest absolute Gasteiger partial charge is 0.484 e. The fourth-order valence-corrected chi connectivity index (χ4v) is 2.01. The number of carbonyl (C=O) groups is 1. The van der Waals surface area contributed by atoms with Crippen LogP contribution in [0.2, 0.25) is 5.02 Å². The zero-order valence-corrected chi connectivity index (χ0v) is 12.5. The summed E-state index contributed by atoms with van der Waals surface area (Å²) >= 11 is 6.01. The Kier molecular flexibility index (Phi) is 5.20. The van der Waals surface area contributed by atoms with Crippen molar-refractivity contribution < 1.29 is 9.53 Å². The van der Waals surface area contributed by atoms with Crippen molar-refractivity contribution in [3.8, 4) is 5.75 Å². The molecule has 2 aromatic carbocycles. The molecule has 0 spiro atoms. The lowest BCUT2D eigenvalue weighted by Gasteiger charge is -2.11. The normalized spacial score (nSPS) is 10.2. The van der Waals surface area contributed by atoms with Gasteiger partial charge in [0.2, 0.25) is 0 Å². The monoisotopic (exact) mass is 304 g/mol. The van der Waals surface area contributed by atoms with Crippen LogP contribution < -0.4 is 15.8 Å². The van der Waals surface area contributed by atoms with E-state index in [9.17, 15) is 4.79 Å². The van der Waals surface area contributed by atoms with Crippen LogP contribution in [0.4, 0.5) is 5.69 Å². The fourth-order valence-electron chi connectivity index (χ4n) is 1.84. The van der Waals surface area contributed by atoms with Crippen molar-refractivity contribution in [3.05, 3.63) is 58.6 Å². The number of anilines is 1. The van der Waals surface area contributed by atoms with Gasteiger partial charge in [-0.3, -0.25) is 4.79 Å². The minimum Gasteiger partial charge on any atom is -0.484 e. The standard InChI is InChI=1S/C16H17ClN2O2/c1-11-14(17)6-3-7-15(11)19-16(20)10-21-13-5-2-4-12(8-13)9-18/h2-8H,9-10,18H2,1H3,(H,19,20). The summed E-state index contributed by atoms with van der Waals surface area (Å²) in [4.78, 5) is 11.9. The molecule has 0 aliphatic rings. The van der Waals surface area contributed by atoms with Gasteiger partial charge in [0.1, 0.15) is 5.75 Å². The van der Waals surface area contributed by atoms with Crippen molar-refractivity contribution in [1.29, 1.82) is 0 Å². The second-order valence-corrected chi connectivity index (χ2v) is 5.01. The van der Waals surface area contributed by atoms with E-state index in [-0.39, 0.29) is 12.5 Å². The molecular formula is C16H17ClN2O2. The number of hydrogen-bond acceptors (Lipinski definition) is 3. The van der Waals surface area contributed by atoms with E-state index < -0.39 is 0 Å². The molecule has 4 nitrogen and oxygen atoms in total. The topological polar surface area (TPSA) is 64.3 Å². The summed E-state index contributed by atoms with van der Waals surface area (Å²) < 4.78 is 5.45. The molecule has 0 saturated carbocycles. The molecule has 0 fully saturated rings. The van der Waals surface area contributed by atoms with Crippen LogP contribution in [0.15, 0.2) is 42.5 Å². The van der Waals surface area contributed by atoms with Gasteiger partial charge in [-0.05, 0) is 42.3 Å². The Morgan fingerprint density at radius 1 is 1.29 bits per heavy atom. The van der Waals surface area contributed by atoms with Gasteiger partial charge in [-0.25, -0.2) is 0 Å². The number of hydrogen-bond donors (Lipinski definition) is 2. The van der Waals surface area contributed by atoms with Crippen molar-refractivity contribution >= 4 is 23.2 Å². The third kappa shape index (κ3) is 4.21. The molecule has 21 heavy (non-hydrogen) atoms. The van der Waals surface area contributed by atoms with Crippen LogP contribution >= 0.6 is 11.6 Å². The third-order valence-electron chi connectivity index (χ3n) is 3.05. The highest BCUT2D eigenvalue weighted by Crippen LogP contribution is 2.22. The Morgan fingerprint density at radius 2 is 2.05 bits per heavy atom. The number of nitrogens with two attached hydrogens (primary N) is 1. The van der Waals surface area contributed by atoms with E-state index in [0.717, 1.165) is 11.1 Å². The fraction of sp³-hybridized carbons (Fsp3) is 0.188. The van der Waals surface area contributed by atoms with E-state index >= 15 is 0 Å². The first-order valence-corrected chi connectivity index (χ1v) is 6.94. The van der Waals surface area contributed by atoms with Crippen LogP contribution in [0, 0.1) is 6.92 Å². The Labute approximate surface area is 128 Å². The molecule has 0 heterocycles. The Morgan fingerprint density at radius 3 is 2.81 bits per heavy atom. The molecule has 0 aromatic heterocycles. The van der Waals surface area contributed by atoms with Gasteiger partial charge < -0.3 is 15.8 Å². The van der Waals surface area contributed by atoms with Gasteiger partial charge in [-0.15, -0.1) is 0 Å². The first kappa shape index (κ1) is 15.4. The lowest BCUT2D eigenvalue weighted by Crippen LogP contribution is -2.20. The maximum atomic E-state index is 11.9. The summed E-state index contributed by atoms with van der Waals surface area (Å²) in [7, 11) is 0. The van der Waals surface area contributed by atoms with E-state index in [2.05, 4.69) is 5.32 Å². The van der Waals surface area contributed by atoms with Gasteiger partial charge in [0.05, 0.1) is 0 Å². The highest BCUT2D eigenvalue weighted by Gasteiger charge is 2.07. The number of rotatable bonds is 5. The van der Waals surface area contributed by atoms with Crippen molar-refractivity contribution in [1.82, 2.24) is 0 Å². The molecule has 2 aromatic rings. The molecule has 0 atom stereocenters. The molecule has 0 bridgehead atoms. The molecular weight excluding hydrogens is 288 g/mol. The van der Waals surface area contributed by atoms with Crippen molar-refractivity contribution in [2.45, 2.75) is 13.5 Å². The lowest BCUT2D eigenvalue weighted by atomic mass is 10.2. The van der Waals surface area contributed by atoms with Crippen LogP contribution in [-0.2, 0) is 11.3 Å². The van der Waals surface area contributed by atoms with Crippen LogP contribution in [0.3, 0.4) is 0 Å². The average Bonchev–Trinajstić information content (AvgIpc) is 2.50. The van der Waals surface area contributed by atoms with Gasteiger partial charge in [-0.1, -0.05) is 29.8 Å². The zero-order valence-electron chi connectivity index (χ0n) is 11.7. The lowest BCUT2D eigenvalue weighted by molar-refractivity contribution is -0.118. The van der Waals surface area contributed by atoms with Crippen molar-refractivity contribution in [2.75, 3.05) is 11.9 Å². The maximum absolute atomic E-state index is 11.9. The minimum absolute atomic E-state index is 0.0695. The van der Waals surface area contributed by atoms with Gasteiger partial charge in [0.15, 0.2) is 6.61 Å². The first-order valence-electron chi connectivity index (χ1n) is 6.57. The summed E-state index contributed by atoms with van der Waals surface area (Å²) in [5.74, 6) is 0.384. The molecule has 5 heteroatoms. The van der Waals surface area contributed by atoms with Crippen LogP contribution in [0.1, 0.15) is 11.1 Å². The van der Waals surface area contributed by atoms with E-state index in [1.165, 1.54) is 0 Å². The van der Waals surface area contributed by atoms with Gasteiger partial charge >= 0.3 is 0 Å². The van der Waals surface area contributed by atoms with Crippen molar-refractivity contribution in [2.24, 2.45) is 5.73 Å². The second kappa shape index (κ2) is 7.11. The zero-order chi connectivity index (χ0) is 15.2. The average molecular weight is 305 g/mol. The maximum Gasteiger partial charge on any atom is 0.262 e. The molecule has 2 rings (SSSR count). The van der Waals surface area contributed by atoms with Gasteiger partial charge in [-0.2, -0.15) is 0 Å². The van der Waals surface area contributed by atoms with Gasteiger partial charge in [0.25, 0.3) is 5.91 Å². The summed E-state index contributed by atoms with van der Waals surface area (Å²) in [6, 6.07) is 12.7. The van der Waals surface area contributed by atoms with E-state index in [4.69, 9.17) is 22.1 Å². The Hall–Kier alpha value is -2.04. The van der Waals surface area contributed by atoms with E-state index in [0.29, 0.717) is 23.0 Å².